The van der Waals surface area contributed by atoms with Gasteiger partial charge in [-0.3, -0.25) is 4.90 Å². The van der Waals surface area contributed by atoms with E-state index in [1.165, 1.54) is 36.5 Å². The van der Waals surface area contributed by atoms with Gasteiger partial charge in [0.25, 0.3) is 0 Å². The number of likely N-dealkylation sites (tertiary alicyclic amines) is 1. The highest BCUT2D eigenvalue weighted by molar-refractivity contribution is 7.09. The molecule has 4 heteroatoms. The first-order valence-electron chi connectivity index (χ1n) is 6.84. The van der Waals surface area contributed by atoms with E-state index in [2.05, 4.69) is 42.9 Å². The lowest BCUT2D eigenvalue weighted by Gasteiger charge is -2.41. The molecule has 0 spiro atoms. The van der Waals surface area contributed by atoms with Crippen molar-refractivity contribution in [1.29, 1.82) is 0 Å². The topological polar surface area (TPSA) is 28.2 Å². The summed E-state index contributed by atoms with van der Waals surface area (Å²) >= 11 is 1.76. The van der Waals surface area contributed by atoms with Crippen LogP contribution in [-0.2, 0) is 6.54 Å². The molecule has 0 radical (unpaired) electrons. The summed E-state index contributed by atoms with van der Waals surface area (Å²) in [7, 11) is 0. The maximum absolute atomic E-state index is 4.30. The first-order valence-corrected chi connectivity index (χ1v) is 7.72. The van der Waals surface area contributed by atoms with Gasteiger partial charge in [0.05, 0.1) is 11.2 Å². The summed E-state index contributed by atoms with van der Waals surface area (Å²) in [4.78, 5) is 8.26. The van der Waals surface area contributed by atoms with Gasteiger partial charge < -0.3 is 5.32 Å². The van der Waals surface area contributed by atoms with Crippen LogP contribution in [0, 0.1) is 6.92 Å². The molecule has 1 aliphatic heterocycles. The zero-order valence-corrected chi connectivity index (χ0v) is 12.8. The number of rotatable bonds is 3. The Morgan fingerprint density at radius 3 is 2.56 bits per heavy atom. The van der Waals surface area contributed by atoms with E-state index in [1.54, 1.807) is 11.3 Å². The predicted octanol–water partition coefficient (Wildman–Crippen LogP) is 2.80. The summed E-state index contributed by atoms with van der Waals surface area (Å²) in [6, 6.07) is 0.671. The van der Waals surface area contributed by atoms with Gasteiger partial charge in [-0.1, -0.05) is 0 Å². The van der Waals surface area contributed by atoms with Crippen LogP contribution in [0.3, 0.4) is 0 Å². The van der Waals surface area contributed by atoms with E-state index in [-0.39, 0.29) is 0 Å². The van der Waals surface area contributed by atoms with Crippen LogP contribution in [0.1, 0.15) is 44.2 Å². The number of piperidine rings is 1. The van der Waals surface area contributed by atoms with E-state index >= 15 is 0 Å². The zero-order chi connectivity index (χ0) is 13.2. The maximum Gasteiger partial charge on any atom is 0.0798 e. The van der Waals surface area contributed by atoms with Crippen LogP contribution in [0.15, 0.2) is 5.51 Å². The predicted molar refractivity (Wildman–Crippen MR) is 78.0 cm³/mol. The van der Waals surface area contributed by atoms with Crippen molar-refractivity contribution in [3.63, 3.8) is 0 Å². The highest BCUT2D eigenvalue weighted by atomic mass is 32.1. The van der Waals surface area contributed by atoms with Crippen LogP contribution in [0.4, 0.5) is 0 Å². The molecule has 0 aromatic carbocycles. The van der Waals surface area contributed by atoms with Gasteiger partial charge in [-0.25, -0.2) is 4.98 Å². The largest absolute Gasteiger partial charge is 0.309 e. The SMILES string of the molecule is Cc1ncsc1CNC1CCN(C(C)(C)C)CC1. The van der Waals surface area contributed by atoms with Crippen LogP contribution in [0.2, 0.25) is 0 Å². The average molecular weight is 267 g/mol. The molecular formula is C14H25N3S. The molecule has 1 fully saturated rings. The van der Waals surface area contributed by atoms with Gasteiger partial charge in [0.15, 0.2) is 0 Å². The van der Waals surface area contributed by atoms with Gasteiger partial charge in [0.2, 0.25) is 0 Å². The van der Waals surface area contributed by atoms with Crippen LogP contribution in [0.25, 0.3) is 0 Å². The summed E-state index contributed by atoms with van der Waals surface area (Å²) < 4.78 is 0. The van der Waals surface area contributed by atoms with Gasteiger partial charge in [-0.2, -0.15) is 0 Å². The molecule has 1 aromatic rings. The maximum atomic E-state index is 4.30. The number of hydrogen-bond donors (Lipinski definition) is 1. The first kappa shape index (κ1) is 14.0. The third kappa shape index (κ3) is 3.53. The molecule has 3 nitrogen and oxygen atoms in total. The fraction of sp³-hybridized carbons (Fsp3) is 0.786. The Labute approximate surface area is 115 Å². The monoisotopic (exact) mass is 267 g/mol. The Balaban J connectivity index is 1.76. The minimum atomic E-state index is 0.319. The lowest BCUT2D eigenvalue weighted by atomic mass is 9.98. The van der Waals surface area contributed by atoms with Gasteiger partial charge >= 0.3 is 0 Å². The molecule has 1 aliphatic rings. The summed E-state index contributed by atoms with van der Waals surface area (Å²) in [5.41, 5.74) is 3.44. The summed E-state index contributed by atoms with van der Waals surface area (Å²) in [5, 5.41) is 3.68. The number of aryl methyl sites for hydroxylation is 1. The smallest absolute Gasteiger partial charge is 0.0798 e. The van der Waals surface area contributed by atoms with Crippen molar-refractivity contribution in [3.05, 3.63) is 16.1 Å². The van der Waals surface area contributed by atoms with Gasteiger partial charge in [-0.05, 0) is 40.5 Å². The minimum absolute atomic E-state index is 0.319. The molecule has 0 aliphatic carbocycles. The summed E-state index contributed by atoms with van der Waals surface area (Å²) in [5.74, 6) is 0. The Hall–Kier alpha value is -0.450. The Morgan fingerprint density at radius 1 is 1.39 bits per heavy atom. The summed E-state index contributed by atoms with van der Waals surface area (Å²) in [6.45, 7) is 12.4. The van der Waals surface area contributed by atoms with Crippen molar-refractivity contribution >= 4 is 11.3 Å². The standard InChI is InChI=1S/C14H25N3S/c1-11-13(18-10-16-11)9-15-12-5-7-17(8-6-12)14(2,3)4/h10,12,15H,5-9H2,1-4H3. The Morgan fingerprint density at radius 2 is 2.06 bits per heavy atom. The van der Waals surface area contributed by atoms with Crippen molar-refractivity contribution in [2.45, 2.75) is 58.7 Å². The second kappa shape index (κ2) is 5.68. The quantitative estimate of drug-likeness (QED) is 0.913. The molecule has 0 amide bonds. The van der Waals surface area contributed by atoms with Crippen LogP contribution < -0.4 is 5.32 Å². The molecule has 1 saturated heterocycles. The molecule has 0 atom stereocenters. The van der Waals surface area contributed by atoms with Crippen molar-refractivity contribution < 1.29 is 0 Å². The van der Waals surface area contributed by atoms with Crippen molar-refractivity contribution in [3.8, 4) is 0 Å². The van der Waals surface area contributed by atoms with Crippen molar-refractivity contribution in [2.75, 3.05) is 13.1 Å². The zero-order valence-electron chi connectivity index (χ0n) is 12.0. The van der Waals surface area contributed by atoms with Crippen LogP contribution in [-0.4, -0.2) is 34.6 Å². The third-order valence-corrected chi connectivity index (χ3v) is 4.77. The highest BCUT2D eigenvalue weighted by Crippen LogP contribution is 2.20. The molecule has 102 valence electrons. The van der Waals surface area contributed by atoms with E-state index in [9.17, 15) is 0 Å². The second-order valence-electron chi connectivity index (χ2n) is 6.17. The van der Waals surface area contributed by atoms with Crippen LogP contribution in [0.5, 0.6) is 0 Å². The highest BCUT2D eigenvalue weighted by Gasteiger charge is 2.26. The molecule has 18 heavy (non-hydrogen) atoms. The van der Waals surface area contributed by atoms with Gasteiger partial charge in [0, 0.05) is 36.1 Å². The Bertz CT molecular complexity index is 373. The van der Waals surface area contributed by atoms with E-state index in [0.29, 0.717) is 11.6 Å². The van der Waals surface area contributed by atoms with Crippen molar-refractivity contribution in [1.82, 2.24) is 15.2 Å². The normalized spacial score (nSPS) is 19.3. The first-order chi connectivity index (χ1) is 8.47. The molecule has 0 bridgehead atoms. The van der Waals surface area contributed by atoms with Gasteiger partial charge in [-0.15, -0.1) is 11.3 Å². The number of aromatic nitrogens is 1. The molecule has 1 N–H and O–H groups in total. The average Bonchev–Trinajstić information content (AvgIpc) is 2.72. The van der Waals surface area contributed by atoms with E-state index in [4.69, 9.17) is 0 Å². The second-order valence-corrected chi connectivity index (χ2v) is 7.11. The van der Waals surface area contributed by atoms with Crippen LogP contribution >= 0.6 is 11.3 Å². The van der Waals surface area contributed by atoms with E-state index in [1.807, 2.05) is 5.51 Å². The molecular weight excluding hydrogens is 242 g/mol. The molecule has 2 heterocycles. The Kier molecular flexibility index (Phi) is 4.41. The molecule has 0 unspecified atom stereocenters. The lowest BCUT2D eigenvalue weighted by molar-refractivity contribution is 0.0961. The third-order valence-electron chi connectivity index (χ3n) is 3.84. The van der Waals surface area contributed by atoms with E-state index < -0.39 is 0 Å². The molecule has 0 saturated carbocycles. The number of thiazole rings is 1. The number of hydrogen-bond acceptors (Lipinski definition) is 4. The fourth-order valence-corrected chi connectivity index (χ4v) is 3.22. The minimum Gasteiger partial charge on any atom is -0.309 e. The fourth-order valence-electron chi connectivity index (χ4n) is 2.49. The van der Waals surface area contributed by atoms with Gasteiger partial charge in [0.1, 0.15) is 0 Å². The molecule has 1 aromatic heterocycles. The number of nitrogens with one attached hydrogen (secondary N) is 1. The van der Waals surface area contributed by atoms with Crippen molar-refractivity contribution in [2.24, 2.45) is 0 Å². The molecule has 2 rings (SSSR count). The number of nitrogens with zero attached hydrogens (tertiary/aromatic N) is 2. The van der Waals surface area contributed by atoms with E-state index in [0.717, 1.165) is 6.54 Å². The lowest BCUT2D eigenvalue weighted by Crippen LogP contribution is -2.49. The summed E-state index contributed by atoms with van der Waals surface area (Å²) in [6.07, 6.45) is 2.52.